The van der Waals surface area contributed by atoms with Gasteiger partial charge in [0, 0.05) is 10.0 Å². The van der Waals surface area contributed by atoms with Gasteiger partial charge in [0.1, 0.15) is 5.75 Å². The number of esters is 2. The number of benzene rings is 2. The molecule has 0 aliphatic carbocycles. The van der Waals surface area contributed by atoms with Crippen molar-refractivity contribution in [3.63, 3.8) is 0 Å². The van der Waals surface area contributed by atoms with Gasteiger partial charge < -0.3 is 14.6 Å². The SMILES string of the molecule is COC(=O)c1cc(O)c(C)c(-c2ccccc2Br)c1C(=O)OC. The lowest BCUT2D eigenvalue weighted by Crippen LogP contribution is -2.14. The molecule has 0 saturated carbocycles. The molecule has 2 aromatic rings. The van der Waals surface area contributed by atoms with E-state index >= 15 is 0 Å². The third-order valence-corrected chi connectivity index (χ3v) is 4.19. The number of carbonyl (C=O) groups is 2. The highest BCUT2D eigenvalue weighted by Crippen LogP contribution is 2.39. The van der Waals surface area contributed by atoms with E-state index in [-0.39, 0.29) is 16.9 Å². The molecule has 0 atom stereocenters. The molecule has 0 saturated heterocycles. The summed E-state index contributed by atoms with van der Waals surface area (Å²) in [6, 6.07) is 8.41. The molecule has 0 aromatic heterocycles. The van der Waals surface area contributed by atoms with Gasteiger partial charge in [0.15, 0.2) is 0 Å². The molecule has 0 heterocycles. The van der Waals surface area contributed by atoms with Crippen LogP contribution in [-0.4, -0.2) is 31.3 Å². The number of hydrogen-bond acceptors (Lipinski definition) is 5. The Kier molecular flexibility index (Phi) is 5.05. The molecule has 5 nitrogen and oxygen atoms in total. The molecule has 0 spiro atoms. The molecular formula is C17H15BrO5. The smallest absolute Gasteiger partial charge is 0.339 e. The van der Waals surface area contributed by atoms with Gasteiger partial charge >= 0.3 is 11.9 Å². The Hall–Kier alpha value is -2.34. The van der Waals surface area contributed by atoms with Crippen molar-refractivity contribution in [2.45, 2.75) is 6.92 Å². The van der Waals surface area contributed by atoms with Crippen molar-refractivity contribution in [2.75, 3.05) is 14.2 Å². The topological polar surface area (TPSA) is 72.8 Å². The Morgan fingerprint density at radius 1 is 1.09 bits per heavy atom. The van der Waals surface area contributed by atoms with Crippen LogP contribution in [-0.2, 0) is 9.47 Å². The lowest BCUT2D eigenvalue weighted by molar-refractivity contribution is 0.0555. The van der Waals surface area contributed by atoms with Gasteiger partial charge in [0.2, 0.25) is 0 Å². The second-order valence-corrected chi connectivity index (χ2v) is 5.64. The van der Waals surface area contributed by atoms with Crippen LogP contribution in [0.1, 0.15) is 26.3 Å². The fourth-order valence-corrected chi connectivity index (χ4v) is 2.84. The fraction of sp³-hybridized carbons (Fsp3) is 0.176. The Morgan fingerprint density at radius 3 is 2.26 bits per heavy atom. The summed E-state index contributed by atoms with van der Waals surface area (Å²) in [6.07, 6.45) is 0. The van der Waals surface area contributed by atoms with E-state index in [4.69, 9.17) is 9.47 Å². The maximum Gasteiger partial charge on any atom is 0.339 e. The number of carbonyl (C=O) groups excluding carboxylic acids is 2. The lowest BCUT2D eigenvalue weighted by Gasteiger charge is -2.17. The van der Waals surface area contributed by atoms with Gasteiger partial charge in [-0.3, -0.25) is 0 Å². The van der Waals surface area contributed by atoms with Crippen LogP contribution in [0.5, 0.6) is 5.75 Å². The molecule has 0 aliphatic heterocycles. The van der Waals surface area contributed by atoms with Gasteiger partial charge in [-0.2, -0.15) is 0 Å². The number of hydrogen-bond donors (Lipinski definition) is 1. The zero-order valence-corrected chi connectivity index (χ0v) is 14.4. The van der Waals surface area contributed by atoms with Gasteiger partial charge in [-0.1, -0.05) is 34.1 Å². The molecule has 2 rings (SSSR count). The molecule has 0 amide bonds. The average Bonchev–Trinajstić information content (AvgIpc) is 2.56. The predicted molar refractivity (Wildman–Crippen MR) is 88.7 cm³/mol. The van der Waals surface area contributed by atoms with Crippen molar-refractivity contribution in [3.05, 3.63) is 51.5 Å². The van der Waals surface area contributed by atoms with E-state index in [1.807, 2.05) is 6.07 Å². The first-order valence-electron chi connectivity index (χ1n) is 6.70. The molecule has 0 bridgehead atoms. The van der Waals surface area contributed by atoms with Crippen molar-refractivity contribution in [1.29, 1.82) is 0 Å². The minimum atomic E-state index is -0.728. The highest BCUT2D eigenvalue weighted by molar-refractivity contribution is 9.10. The zero-order valence-electron chi connectivity index (χ0n) is 12.8. The molecule has 0 radical (unpaired) electrons. The van der Waals surface area contributed by atoms with E-state index < -0.39 is 11.9 Å². The maximum absolute atomic E-state index is 12.3. The minimum absolute atomic E-state index is 0.0480. The quantitative estimate of drug-likeness (QED) is 0.824. The molecule has 1 N–H and O–H groups in total. The second-order valence-electron chi connectivity index (χ2n) is 4.78. The van der Waals surface area contributed by atoms with Crippen molar-refractivity contribution >= 4 is 27.9 Å². The molecule has 2 aromatic carbocycles. The summed E-state index contributed by atoms with van der Waals surface area (Å²) < 4.78 is 10.3. The average molecular weight is 379 g/mol. The van der Waals surface area contributed by atoms with Crippen LogP contribution in [0.4, 0.5) is 0 Å². The molecular weight excluding hydrogens is 364 g/mol. The monoisotopic (exact) mass is 378 g/mol. The van der Waals surface area contributed by atoms with E-state index in [1.165, 1.54) is 20.3 Å². The molecule has 6 heteroatoms. The minimum Gasteiger partial charge on any atom is -0.508 e. The van der Waals surface area contributed by atoms with E-state index in [9.17, 15) is 14.7 Å². The first kappa shape index (κ1) is 17.0. The predicted octanol–water partition coefficient (Wildman–Crippen LogP) is 3.70. The van der Waals surface area contributed by atoms with Gasteiger partial charge in [-0.15, -0.1) is 0 Å². The molecule has 120 valence electrons. The van der Waals surface area contributed by atoms with Gasteiger partial charge in [0.25, 0.3) is 0 Å². The van der Waals surface area contributed by atoms with Crippen LogP contribution in [0.25, 0.3) is 11.1 Å². The first-order valence-corrected chi connectivity index (χ1v) is 7.49. The normalized spacial score (nSPS) is 10.3. The van der Waals surface area contributed by atoms with Crippen molar-refractivity contribution in [1.82, 2.24) is 0 Å². The summed E-state index contributed by atoms with van der Waals surface area (Å²) in [5.74, 6) is -1.52. The van der Waals surface area contributed by atoms with Crippen molar-refractivity contribution < 1.29 is 24.2 Å². The number of rotatable bonds is 3. The van der Waals surface area contributed by atoms with Gasteiger partial charge in [-0.25, -0.2) is 9.59 Å². The third-order valence-electron chi connectivity index (χ3n) is 3.50. The fourth-order valence-electron chi connectivity index (χ4n) is 2.35. The van der Waals surface area contributed by atoms with Crippen LogP contribution >= 0.6 is 15.9 Å². The second kappa shape index (κ2) is 6.83. The van der Waals surface area contributed by atoms with Crippen LogP contribution in [0.2, 0.25) is 0 Å². The summed E-state index contributed by atoms with van der Waals surface area (Å²) >= 11 is 3.43. The lowest BCUT2D eigenvalue weighted by atomic mass is 9.90. The Balaban J connectivity index is 2.94. The Bertz CT molecular complexity index is 783. The number of ether oxygens (including phenoxy) is 2. The zero-order chi connectivity index (χ0) is 17.1. The molecule has 0 unspecified atom stereocenters. The molecule has 0 fully saturated rings. The maximum atomic E-state index is 12.3. The third kappa shape index (κ3) is 3.07. The van der Waals surface area contributed by atoms with Crippen molar-refractivity contribution in [3.8, 4) is 16.9 Å². The number of phenols is 1. The number of halogens is 1. The summed E-state index contributed by atoms with van der Waals surface area (Å²) in [6.45, 7) is 1.66. The van der Waals surface area contributed by atoms with E-state index in [0.29, 0.717) is 16.7 Å². The van der Waals surface area contributed by atoms with Crippen LogP contribution in [0.15, 0.2) is 34.8 Å². The standard InChI is InChI=1S/C17H15BrO5/c1-9-13(19)8-11(16(20)22-2)15(17(21)23-3)14(9)10-6-4-5-7-12(10)18/h4-8,19H,1-3H3. The summed E-state index contributed by atoms with van der Waals surface area (Å²) in [4.78, 5) is 24.3. The van der Waals surface area contributed by atoms with E-state index in [1.54, 1.807) is 25.1 Å². The summed E-state index contributed by atoms with van der Waals surface area (Å²) in [5, 5.41) is 10.2. The number of methoxy groups -OCH3 is 2. The van der Waals surface area contributed by atoms with Gasteiger partial charge in [-0.05, 0) is 30.2 Å². The first-order chi connectivity index (χ1) is 10.9. The Labute approximate surface area is 142 Å². The molecule has 0 aliphatic rings. The summed E-state index contributed by atoms with van der Waals surface area (Å²) in [5.41, 5.74) is 1.55. The van der Waals surface area contributed by atoms with Crippen molar-refractivity contribution in [2.24, 2.45) is 0 Å². The van der Waals surface area contributed by atoms with Crippen LogP contribution in [0.3, 0.4) is 0 Å². The van der Waals surface area contributed by atoms with Crippen LogP contribution in [0, 0.1) is 6.92 Å². The largest absolute Gasteiger partial charge is 0.508 e. The molecule has 23 heavy (non-hydrogen) atoms. The Morgan fingerprint density at radius 2 is 1.70 bits per heavy atom. The number of aromatic hydroxyl groups is 1. The number of phenolic OH excluding ortho intramolecular Hbond substituents is 1. The highest BCUT2D eigenvalue weighted by Gasteiger charge is 2.27. The highest BCUT2D eigenvalue weighted by atomic mass is 79.9. The van der Waals surface area contributed by atoms with Crippen LogP contribution < -0.4 is 0 Å². The van der Waals surface area contributed by atoms with E-state index in [2.05, 4.69) is 15.9 Å². The van der Waals surface area contributed by atoms with Gasteiger partial charge in [0.05, 0.1) is 25.3 Å². The summed E-state index contributed by atoms with van der Waals surface area (Å²) in [7, 11) is 2.44. The van der Waals surface area contributed by atoms with E-state index in [0.717, 1.165) is 4.47 Å².